The minimum Gasteiger partial charge on any atom is -0.494 e. The molecule has 0 radical (unpaired) electrons. The fourth-order valence-corrected chi connectivity index (χ4v) is 1.67. The summed E-state index contributed by atoms with van der Waals surface area (Å²) in [7, 11) is 1.37. The van der Waals surface area contributed by atoms with E-state index < -0.39 is 5.97 Å². The number of carboxylic acids is 1. The molecule has 0 aliphatic heterocycles. The number of aromatic nitrogens is 1. The largest absolute Gasteiger partial charge is 0.494 e. The fourth-order valence-electron chi connectivity index (χ4n) is 1.67. The molecule has 0 atom stereocenters. The number of halogens is 1. The zero-order valence-electron chi connectivity index (χ0n) is 9.55. The van der Waals surface area contributed by atoms with Gasteiger partial charge in [0.25, 0.3) is 0 Å². The minimum atomic E-state index is -1.12. The summed E-state index contributed by atoms with van der Waals surface area (Å²) in [4.78, 5) is 15.2. The van der Waals surface area contributed by atoms with Crippen LogP contribution >= 0.6 is 0 Å². The number of carboxylic acid groups (broad SMARTS) is 1. The number of carbonyl (C=O) groups is 1. The molecule has 0 aliphatic carbocycles. The zero-order valence-corrected chi connectivity index (χ0v) is 9.55. The second-order valence-electron chi connectivity index (χ2n) is 3.58. The van der Waals surface area contributed by atoms with E-state index in [1.54, 1.807) is 0 Å². The molecule has 1 aromatic carbocycles. The lowest BCUT2D eigenvalue weighted by Gasteiger charge is -2.09. The van der Waals surface area contributed by atoms with Crippen LogP contribution in [0.1, 0.15) is 10.4 Å². The number of benzene rings is 1. The molecule has 0 fully saturated rings. The Kier molecular flexibility index (Phi) is 3.23. The molecule has 4 nitrogen and oxygen atoms in total. The normalized spacial score (nSPS) is 10.1. The number of pyridine rings is 1. The van der Waals surface area contributed by atoms with Gasteiger partial charge in [-0.3, -0.25) is 4.98 Å². The van der Waals surface area contributed by atoms with Crippen LogP contribution in [0.5, 0.6) is 5.75 Å². The van der Waals surface area contributed by atoms with E-state index >= 15 is 0 Å². The number of methoxy groups -OCH3 is 1. The first-order chi connectivity index (χ1) is 8.63. The Morgan fingerprint density at radius 1 is 1.28 bits per heavy atom. The van der Waals surface area contributed by atoms with E-state index in [1.807, 2.05) is 0 Å². The van der Waals surface area contributed by atoms with Crippen molar-refractivity contribution in [1.29, 1.82) is 0 Å². The molecule has 0 saturated carbocycles. The topological polar surface area (TPSA) is 59.4 Å². The summed E-state index contributed by atoms with van der Waals surface area (Å²) in [6.07, 6.45) is 2.75. The van der Waals surface area contributed by atoms with Crippen molar-refractivity contribution in [1.82, 2.24) is 4.98 Å². The molecule has 0 bridgehead atoms. The first-order valence-corrected chi connectivity index (χ1v) is 5.14. The monoisotopic (exact) mass is 247 g/mol. The number of aromatic carboxylic acids is 1. The van der Waals surface area contributed by atoms with E-state index in [9.17, 15) is 14.3 Å². The number of rotatable bonds is 3. The summed E-state index contributed by atoms with van der Waals surface area (Å²) in [6, 6.07) is 5.53. The molecule has 0 unspecified atom stereocenters. The molecular weight excluding hydrogens is 237 g/mol. The molecule has 2 rings (SSSR count). The van der Waals surface area contributed by atoms with Crippen LogP contribution in [-0.2, 0) is 0 Å². The van der Waals surface area contributed by atoms with Crippen molar-refractivity contribution in [3.05, 3.63) is 48.0 Å². The van der Waals surface area contributed by atoms with Crippen LogP contribution in [0, 0.1) is 5.82 Å². The van der Waals surface area contributed by atoms with Crippen LogP contribution in [0.4, 0.5) is 4.39 Å². The summed E-state index contributed by atoms with van der Waals surface area (Å²) >= 11 is 0. The molecule has 0 spiro atoms. The van der Waals surface area contributed by atoms with Gasteiger partial charge in [-0.25, -0.2) is 9.18 Å². The molecule has 2 aromatic rings. The molecule has 0 amide bonds. The van der Waals surface area contributed by atoms with Gasteiger partial charge < -0.3 is 9.84 Å². The van der Waals surface area contributed by atoms with Gasteiger partial charge in [-0.2, -0.15) is 0 Å². The van der Waals surface area contributed by atoms with E-state index in [0.29, 0.717) is 11.1 Å². The van der Waals surface area contributed by atoms with Crippen LogP contribution in [-0.4, -0.2) is 23.2 Å². The lowest BCUT2D eigenvalue weighted by Crippen LogP contribution is -2.04. The van der Waals surface area contributed by atoms with Crippen LogP contribution < -0.4 is 4.74 Å². The maximum atomic E-state index is 12.9. The fraction of sp³-hybridized carbons (Fsp3) is 0.0769. The van der Waals surface area contributed by atoms with Crippen molar-refractivity contribution in [3.8, 4) is 16.9 Å². The van der Waals surface area contributed by atoms with Gasteiger partial charge in [0.2, 0.25) is 0 Å². The molecule has 92 valence electrons. The third-order valence-electron chi connectivity index (χ3n) is 2.50. The summed E-state index contributed by atoms with van der Waals surface area (Å²) in [6.45, 7) is 0. The number of nitrogens with zero attached hydrogens (tertiary/aromatic N) is 1. The number of ether oxygens (including phenoxy) is 1. The molecule has 5 heteroatoms. The Labute approximate surface area is 103 Å². The third kappa shape index (κ3) is 2.15. The van der Waals surface area contributed by atoms with Gasteiger partial charge in [0, 0.05) is 11.8 Å². The average Bonchev–Trinajstić information content (AvgIpc) is 2.38. The molecule has 1 heterocycles. The van der Waals surface area contributed by atoms with Crippen LogP contribution in [0.25, 0.3) is 11.1 Å². The average molecular weight is 247 g/mol. The first-order valence-electron chi connectivity index (χ1n) is 5.14. The Morgan fingerprint density at radius 2 is 1.94 bits per heavy atom. The van der Waals surface area contributed by atoms with Crippen LogP contribution in [0.3, 0.4) is 0 Å². The van der Waals surface area contributed by atoms with Gasteiger partial charge in [-0.15, -0.1) is 0 Å². The predicted molar refractivity (Wildman–Crippen MR) is 63.1 cm³/mol. The molecule has 0 saturated heterocycles. The van der Waals surface area contributed by atoms with E-state index in [0.717, 1.165) is 0 Å². The second kappa shape index (κ2) is 4.83. The Balaban J connectivity index is 2.63. The lowest BCUT2D eigenvalue weighted by atomic mass is 10.0. The Bertz CT molecular complexity index is 581. The minimum absolute atomic E-state index is 0.0131. The second-order valence-corrected chi connectivity index (χ2v) is 3.58. The number of hydrogen-bond acceptors (Lipinski definition) is 3. The molecular formula is C13H10FNO3. The molecule has 1 N–H and O–H groups in total. The summed E-state index contributed by atoms with van der Waals surface area (Å²) in [5.74, 6) is -1.33. The van der Waals surface area contributed by atoms with E-state index in [-0.39, 0.29) is 17.1 Å². The Morgan fingerprint density at radius 3 is 2.50 bits per heavy atom. The van der Waals surface area contributed by atoms with Crippen LogP contribution in [0.2, 0.25) is 0 Å². The van der Waals surface area contributed by atoms with Crippen molar-refractivity contribution < 1.29 is 19.0 Å². The number of hydrogen-bond donors (Lipinski definition) is 1. The molecule has 0 aliphatic rings. The van der Waals surface area contributed by atoms with E-state index in [4.69, 9.17) is 4.74 Å². The van der Waals surface area contributed by atoms with Gasteiger partial charge in [-0.05, 0) is 17.7 Å². The van der Waals surface area contributed by atoms with Crippen molar-refractivity contribution in [2.24, 2.45) is 0 Å². The molecule has 18 heavy (non-hydrogen) atoms. The maximum absolute atomic E-state index is 12.9. The van der Waals surface area contributed by atoms with E-state index in [1.165, 1.54) is 43.8 Å². The Hall–Kier alpha value is -2.43. The SMILES string of the molecule is COc1cncc(-c2ccc(F)cc2)c1C(=O)O. The van der Waals surface area contributed by atoms with E-state index in [2.05, 4.69) is 4.98 Å². The summed E-state index contributed by atoms with van der Waals surface area (Å²) < 4.78 is 17.8. The highest BCUT2D eigenvalue weighted by atomic mass is 19.1. The molecule has 1 aromatic heterocycles. The van der Waals surface area contributed by atoms with Gasteiger partial charge in [0.05, 0.1) is 13.3 Å². The van der Waals surface area contributed by atoms with Crippen molar-refractivity contribution >= 4 is 5.97 Å². The first kappa shape index (κ1) is 12.0. The maximum Gasteiger partial charge on any atom is 0.340 e. The smallest absolute Gasteiger partial charge is 0.340 e. The highest BCUT2D eigenvalue weighted by Gasteiger charge is 2.18. The summed E-state index contributed by atoms with van der Waals surface area (Å²) in [5, 5.41) is 9.21. The zero-order chi connectivity index (χ0) is 13.1. The van der Waals surface area contributed by atoms with Crippen molar-refractivity contribution in [2.75, 3.05) is 7.11 Å². The van der Waals surface area contributed by atoms with Gasteiger partial charge in [0.15, 0.2) is 5.75 Å². The van der Waals surface area contributed by atoms with Crippen molar-refractivity contribution in [2.45, 2.75) is 0 Å². The van der Waals surface area contributed by atoms with Crippen LogP contribution in [0.15, 0.2) is 36.7 Å². The highest BCUT2D eigenvalue weighted by molar-refractivity contribution is 5.98. The van der Waals surface area contributed by atoms with Gasteiger partial charge >= 0.3 is 5.97 Å². The summed E-state index contributed by atoms with van der Waals surface area (Å²) in [5.41, 5.74) is 0.973. The highest BCUT2D eigenvalue weighted by Crippen LogP contribution is 2.29. The predicted octanol–water partition coefficient (Wildman–Crippen LogP) is 2.59. The van der Waals surface area contributed by atoms with Gasteiger partial charge in [0.1, 0.15) is 11.4 Å². The third-order valence-corrected chi connectivity index (χ3v) is 2.50. The quantitative estimate of drug-likeness (QED) is 0.905. The van der Waals surface area contributed by atoms with Gasteiger partial charge in [-0.1, -0.05) is 12.1 Å². The van der Waals surface area contributed by atoms with Crippen molar-refractivity contribution in [3.63, 3.8) is 0 Å². The standard InChI is InChI=1S/C13H10FNO3/c1-18-11-7-15-6-10(12(11)13(16)17)8-2-4-9(14)5-3-8/h2-7H,1H3,(H,16,17). The lowest BCUT2D eigenvalue weighted by molar-refractivity contribution is 0.0694.